The third-order valence-electron chi connectivity index (χ3n) is 1.83. The minimum atomic E-state index is -0.373. The largest absolute Gasteiger partial charge is 0.467 e. The fourth-order valence-electron chi connectivity index (χ4n) is 1.10. The maximum absolute atomic E-state index is 11.2. The highest BCUT2D eigenvalue weighted by molar-refractivity contribution is 7.71. The van der Waals surface area contributed by atoms with Crippen molar-refractivity contribution in [2.24, 2.45) is 0 Å². The lowest BCUT2D eigenvalue weighted by Gasteiger charge is -2.09. The van der Waals surface area contributed by atoms with Crippen molar-refractivity contribution < 1.29 is 9.53 Å². The van der Waals surface area contributed by atoms with E-state index >= 15 is 0 Å². The molecule has 0 aromatic carbocycles. The molecule has 0 saturated heterocycles. The van der Waals surface area contributed by atoms with E-state index in [1.165, 1.54) is 7.11 Å². The van der Waals surface area contributed by atoms with Crippen LogP contribution in [0.15, 0.2) is 6.20 Å². The van der Waals surface area contributed by atoms with Gasteiger partial charge in [0.05, 0.1) is 7.11 Å². The quantitative estimate of drug-likeness (QED) is 0.582. The van der Waals surface area contributed by atoms with Gasteiger partial charge in [0.2, 0.25) is 0 Å². The molecule has 13 heavy (non-hydrogen) atoms. The van der Waals surface area contributed by atoms with E-state index in [0.717, 1.165) is 5.69 Å². The van der Waals surface area contributed by atoms with Gasteiger partial charge in [0, 0.05) is 11.9 Å². The van der Waals surface area contributed by atoms with E-state index in [-0.39, 0.29) is 12.0 Å². The lowest BCUT2D eigenvalue weighted by atomic mass is 10.3. The van der Waals surface area contributed by atoms with Crippen LogP contribution in [0, 0.1) is 11.7 Å². The maximum atomic E-state index is 11.2. The van der Waals surface area contributed by atoms with Crippen LogP contribution in [0.25, 0.3) is 0 Å². The van der Waals surface area contributed by atoms with Gasteiger partial charge >= 0.3 is 5.97 Å². The number of aromatic nitrogens is 2. The molecular formula is C8H12N2O2S. The molecule has 1 unspecified atom stereocenters. The van der Waals surface area contributed by atoms with Crippen LogP contribution >= 0.6 is 12.2 Å². The monoisotopic (exact) mass is 200 g/mol. The third-order valence-corrected chi connectivity index (χ3v) is 2.14. The first-order chi connectivity index (χ1) is 6.06. The van der Waals surface area contributed by atoms with Gasteiger partial charge in [-0.15, -0.1) is 0 Å². The SMILES string of the molecule is COC(=O)C(C)n1cc(C)[nH]c1=S. The number of carbonyl (C=O) groups is 1. The minimum absolute atomic E-state index is 0.296. The molecule has 72 valence electrons. The molecule has 1 aromatic rings. The van der Waals surface area contributed by atoms with Gasteiger partial charge in [-0.2, -0.15) is 0 Å². The van der Waals surface area contributed by atoms with Crippen molar-refractivity contribution in [2.75, 3.05) is 7.11 Å². The average Bonchev–Trinajstić information content (AvgIpc) is 2.42. The summed E-state index contributed by atoms with van der Waals surface area (Å²) in [5.41, 5.74) is 0.931. The van der Waals surface area contributed by atoms with Gasteiger partial charge < -0.3 is 14.3 Å². The van der Waals surface area contributed by atoms with Crippen molar-refractivity contribution in [3.8, 4) is 0 Å². The Morgan fingerprint density at radius 3 is 2.77 bits per heavy atom. The number of carbonyl (C=O) groups excluding carboxylic acids is 1. The first-order valence-corrected chi connectivity index (χ1v) is 4.32. The molecule has 1 heterocycles. The summed E-state index contributed by atoms with van der Waals surface area (Å²) in [5.74, 6) is -0.296. The molecule has 0 saturated carbocycles. The normalized spacial score (nSPS) is 12.5. The second-order valence-electron chi connectivity index (χ2n) is 2.85. The van der Waals surface area contributed by atoms with Crippen molar-refractivity contribution in [1.29, 1.82) is 0 Å². The number of aryl methyl sites for hydroxylation is 1. The molecule has 1 rings (SSSR count). The summed E-state index contributed by atoms with van der Waals surface area (Å²) >= 11 is 5.02. The van der Waals surface area contributed by atoms with Crippen LogP contribution in [0.3, 0.4) is 0 Å². The summed E-state index contributed by atoms with van der Waals surface area (Å²) in [6.45, 7) is 3.63. The van der Waals surface area contributed by atoms with Gasteiger partial charge in [0.25, 0.3) is 0 Å². The van der Waals surface area contributed by atoms with E-state index in [2.05, 4.69) is 9.72 Å². The van der Waals surface area contributed by atoms with Crippen LogP contribution in [0.5, 0.6) is 0 Å². The Hall–Kier alpha value is -1.10. The Balaban J connectivity index is 3.01. The van der Waals surface area contributed by atoms with E-state index in [9.17, 15) is 4.79 Å². The Labute approximate surface area is 81.5 Å². The molecule has 0 radical (unpaired) electrons. The summed E-state index contributed by atoms with van der Waals surface area (Å²) < 4.78 is 6.83. The van der Waals surface area contributed by atoms with Crippen LogP contribution in [-0.4, -0.2) is 22.6 Å². The van der Waals surface area contributed by atoms with Crippen molar-refractivity contribution >= 4 is 18.2 Å². The molecule has 0 fully saturated rings. The number of nitrogens with zero attached hydrogens (tertiary/aromatic N) is 1. The third kappa shape index (κ3) is 1.98. The molecule has 1 atom stereocenters. The molecule has 1 N–H and O–H groups in total. The summed E-state index contributed by atoms with van der Waals surface area (Å²) in [5, 5.41) is 0. The summed E-state index contributed by atoms with van der Waals surface area (Å²) in [6.07, 6.45) is 1.80. The highest BCUT2D eigenvalue weighted by atomic mass is 32.1. The van der Waals surface area contributed by atoms with Crippen molar-refractivity contribution in [1.82, 2.24) is 9.55 Å². The highest BCUT2D eigenvalue weighted by Crippen LogP contribution is 2.09. The van der Waals surface area contributed by atoms with Crippen LogP contribution < -0.4 is 0 Å². The highest BCUT2D eigenvalue weighted by Gasteiger charge is 2.15. The van der Waals surface area contributed by atoms with Gasteiger partial charge in [-0.1, -0.05) is 0 Å². The predicted molar refractivity (Wildman–Crippen MR) is 51.1 cm³/mol. The van der Waals surface area contributed by atoms with Crippen LogP contribution in [0.4, 0.5) is 0 Å². The number of imidazole rings is 1. The second kappa shape index (κ2) is 3.74. The zero-order chi connectivity index (χ0) is 10.0. The molecular weight excluding hydrogens is 188 g/mol. The molecule has 0 aliphatic rings. The molecule has 0 spiro atoms. The summed E-state index contributed by atoms with van der Waals surface area (Å²) in [4.78, 5) is 14.1. The van der Waals surface area contributed by atoms with Crippen molar-refractivity contribution in [2.45, 2.75) is 19.9 Å². The number of ether oxygens (including phenoxy) is 1. The molecule has 0 aliphatic heterocycles. The number of hydrogen-bond donors (Lipinski definition) is 1. The zero-order valence-electron chi connectivity index (χ0n) is 7.83. The predicted octanol–water partition coefficient (Wildman–Crippen LogP) is 1.59. The number of esters is 1. The fourth-order valence-corrected chi connectivity index (χ4v) is 1.48. The molecule has 5 heteroatoms. The standard InChI is InChI=1S/C8H12N2O2S/c1-5-4-10(8(13)9-5)6(2)7(11)12-3/h4,6H,1-3H3,(H,9,13). The van der Waals surface area contributed by atoms with Crippen LogP contribution in [-0.2, 0) is 9.53 Å². The van der Waals surface area contributed by atoms with Gasteiger partial charge in [0.1, 0.15) is 6.04 Å². The Morgan fingerprint density at radius 2 is 2.38 bits per heavy atom. The number of nitrogens with one attached hydrogen (secondary N) is 1. The number of rotatable bonds is 2. The first kappa shape index (κ1) is 9.98. The van der Waals surface area contributed by atoms with Crippen molar-refractivity contribution in [3.05, 3.63) is 16.7 Å². The second-order valence-corrected chi connectivity index (χ2v) is 3.24. The Morgan fingerprint density at radius 1 is 1.77 bits per heavy atom. The Kier molecular flexibility index (Phi) is 2.87. The molecule has 0 bridgehead atoms. The molecule has 0 amide bonds. The smallest absolute Gasteiger partial charge is 0.328 e. The maximum Gasteiger partial charge on any atom is 0.328 e. The van der Waals surface area contributed by atoms with E-state index < -0.39 is 0 Å². The van der Waals surface area contributed by atoms with Gasteiger partial charge in [-0.05, 0) is 26.1 Å². The molecule has 1 aromatic heterocycles. The minimum Gasteiger partial charge on any atom is -0.467 e. The topological polar surface area (TPSA) is 47.0 Å². The number of H-pyrrole nitrogens is 1. The summed E-state index contributed by atoms with van der Waals surface area (Å²) in [6, 6.07) is -0.373. The zero-order valence-corrected chi connectivity index (χ0v) is 8.64. The van der Waals surface area contributed by atoms with E-state index in [1.54, 1.807) is 17.7 Å². The van der Waals surface area contributed by atoms with Crippen molar-refractivity contribution in [3.63, 3.8) is 0 Å². The van der Waals surface area contributed by atoms with Crippen LogP contribution in [0.2, 0.25) is 0 Å². The molecule has 4 nitrogen and oxygen atoms in total. The lowest BCUT2D eigenvalue weighted by molar-refractivity contribution is -0.144. The Bertz CT molecular complexity index is 366. The van der Waals surface area contributed by atoms with E-state index in [4.69, 9.17) is 12.2 Å². The van der Waals surface area contributed by atoms with Gasteiger partial charge in [-0.25, -0.2) is 4.79 Å². The first-order valence-electron chi connectivity index (χ1n) is 3.92. The van der Waals surface area contributed by atoms with E-state index in [0.29, 0.717) is 4.77 Å². The van der Waals surface area contributed by atoms with Gasteiger partial charge in [-0.3, -0.25) is 0 Å². The fraction of sp³-hybridized carbons (Fsp3) is 0.500. The average molecular weight is 200 g/mol. The summed E-state index contributed by atoms with van der Waals surface area (Å²) in [7, 11) is 1.36. The van der Waals surface area contributed by atoms with Crippen LogP contribution in [0.1, 0.15) is 18.7 Å². The lowest BCUT2D eigenvalue weighted by Crippen LogP contribution is -2.17. The van der Waals surface area contributed by atoms with E-state index in [1.807, 2.05) is 6.92 Å². The number of aromatic amines is 1. The molecule has 0 aliphatic carbocycles. The number of hydrogen-bond acceptors (Lipinski definition) is 3. The van der Waals surface area contributed by atoms with Gasteiger partial charge in [0.15, 0.2) is 4.77 Å². The number of methoxy groups -OCH3 is 1.